The molecular formula is C20H32N2O2. The highest BCUT2D eigenvalue weighted by Gasteiger charge is 2.33. The third-order valence-corrected chi connectivity index (χ3v) is 5.60. The van der Waals surface area contributed by atoms with Crippen LogP contribution < -0.4 is 5.32 Å². The highest BCUT2D eigenvalue weighted by molar-refractivity contribution is 5.74. The summed E-state index contributed by atoms with van der Waals surface area (Å²) < 4.78 is 0. The largest absolute Gasteiger partial charge is 0.393 e. The molecular weight excluding hydrogens is 300 g/mol. The second kappa shape index (κ2) is 8.02. The van der Waals surface area contributed by atoms with E-state index in [4.69, 9.17) is 0 Å². The quantitative estimate of drug-likeness (QED) is 0.866. The fraction of sp³-hybridized carbons (Fsp3) is 0.650. The summed E-state index contributed by atoms with van der Waals surface area (Å²) in [5.41, 5.74) is 1.12. The van der Waals surface area contributed by atoms with Gasteiger partial charge in [0.25, 0.3) is 0 Å². The number of aliphatic hydroxyl groups is 1. The van der Waals surface area contributed by atoms with E-state index in [-0.39, 0.29) is 23.6 Å². The zero-order valence-electron chi connectivity index (χ0n) is 15.5. The molecule has 24 heavy (non-hydrogen) atoms. The Morgan fingerprint density at radius 1 is 1.29 bits per heavy atom. The van der Waals surface area contributed by atoms with E-state index in [0.717, 1.165) is 32.4 Å². The minimum Gasteiger partial charge on any atom is -0.393 e. The Labute approximate surface area is 146 Å². The van der Waals surface area contributed by atoms with Crippen LogP contribution in [0.3, 0.4) is 0 Å². The van der Waals surface area contributed by atoms with Gasteiger partial charge in [0.05, 0.1) is 6.10 Å². The highest BCUT2D eigenvalue weighted by atomic mass is 16.3. The fourth-order valence-electron chi connectivity index (χ4n) is 3.69. The molecule has 1 aromatic rings. The lowest BCUT2D eigenvalue weighted by Crippen LogP contribution is -2.53. The number of hydrogen-bond acceptors (Lipinski definition) is 2. The van der Waals surface area contributed by atoms with Crippen LogP contribution in [-0.2, 0) is 5.41 Å². The number of amides is 2. The highest BCUT2D eigenvalue weighted by Crippen LogP contribution is 2.29. The normalized spacial score (nSPS) is 19.0. The molecule has 1 heterocycles. The van der Waals surface area contributed by atoms with E-state index in [1.807, 2.05) is 30.0 Å². The molecule has 0 aromatic heterocycles. The van der Waals surface area contributed by atoms with Crippen LogP contribution in [0.2, 0.25) is 0 Å². The van der Waals surface area contributed by atoms with Crippen molar-refractivity contribution in [3.63, 3.8) is 0 Å². The summed E-state index contributed by atoms with van der Waals surface area (Å²) in [6, 6.07) is 10.5. The lowest BCUT2D eigenvalue weighted by Gasteiger charge is -2.38. The molecule has 4 heteroatoms. The van der Waals surface area contributed by atoms with Crippen molar-refractivity contribution in [1.82, 2.24) is 10.2 Å². The van der Waals surface area contributed by atoms with Gasteiger partial charge in [-0.3, -0.25) is 0 Å². The number of carbonyl (C=O) groups excluding carboxylic acids is 1. The number of nitrogens with zero attached hydrogens (tertiary/aromatic N) is 1. The molecule has 4 nitrogen and oxygen atoms in total. The number of hydrogen-bond donors (Lipinski definition) is 2. The van der Waals surface area contributed by atoms with Gasteiger partial charge in [0.15, 0.2) is 0 Å². The topological polar surface area (TPSA) is 52.6 Å². The van der Waals surface area contributed by atoms with Crippen molar-refractivity contribution in [1.29, 1.82) is 0 Å². The number of likely N-dealkylation sites (tertiary alicyclic amines) is 1. The number of urea groups is 1. The second-order valence-electron chi connectivity index (χ2n) is 7.56. The summed E-state index contributed by atoms with van der Waals surface area (Å²) in [5, 5.41) is 12.9. The van der Waals surface area contributed by atoms with Gasteiger partial charge in [0.1, 0.15) is 0 Å². The predicted molar refractivity (Wildman–Crippen MR) is 98.1 cm³/mol. The summed E-state index contributed by atoms with van der Waals surface area (Å²) in [4.78, 5) is 14.6. The van der Waals surface area contributed by atoms with Crippen LogP contribution in [0.5, 0.6) is 0 Å². The summed E-state index contributed by atoms with van der Waals surface area (Å²) in [6.07, 6.45) is 2.36. The van der Waals surface area contributed by atoms with Crippen molar-refractivity contribution < 1.29 is 9.90 Å². The molecule has 134 valence electrons. The average molecular weight is 332 g/mol. The van der Waals surface area contributed by atoms with E-state index in [9.17, 15) is 9.90 Å². The summed E-state index contributed by atoms with van der Waals surface area (Å²) in [5.74, 6) is 0.316. The minimum atomic E-state index is -0.282. The number of piperidine rings is 1. The number of rotatable bonds is 5. The maximum absolute atomic E-state index is 12.7. The molecule has 0 spiro atoms. The molecule has 0 aliphatic carbocycles. The van der Waals surface area contributed by atoms with Crippen molar-refractivity contribution in [2.45, 2.75) is 64.5 Å². The van der Waals surface area contributed by atoms with Gasteiger partial charge >= 0.3 is 6.03 Å². The van der Waals surface area contributed by atoms with E-state index in [1.54, 1.807) is 0 Å². The predicted octanol–water partition coefficient (Wildman–Crippen LogP) is 3.55. The number of nitrogens with one attached hydrogen (secondary N) is 1. The average Bonchev–Trinajstić information content (AvgIpc) is 2.60. The molecule has 2 amide bonds. The van der Waals surface area contributed by atoms with E-state index < -0.39 is 0 Å². The molecule has 2 rings (SSSR count). The maximum atomic E-state index is 12.7. The maximum Gasteiger partial charge on any atom is 0.317 e. The van der Waals surface area contributed by atoms with Crippen molar-refractivity contribution in [3.8, 4) is 0 Å². The first-order valence-corrected chi connectivity index (χ1v) is 9.15. The number of benzene rings is 1. The fourth-order valence-corrected chi connectivity index (χ4v) is 3.69. The van der Waals surface area contributed by atoms with Crippen LogP contribution in [-0.4, -0.2) is 41.3 Å². The second-order valence-corrected chi connectivity index (χ2v) is 7.56. The molecule has 2 atom stereocenters. The third kappa shape index (κ3) is 4.29. The van der Waals surface area contributed by atoms with Gasteiger partial charge < -0.3 is 15.3 Å². The van der Waals surface area contributed by atoms with Crippen LogP contribution in [0.1, 0.15) is 52.5 Å². The van der Waals surface area contributed by atoms with Crippen LogP contribution in [0, 0.1) is 5.92 Å². The number of carbonyl (C=O) groups is 1. The molecule has 2 N–H and O–H groups in total. The van der Waals surface area contributed by atoms with E-state index in [1.165, 1.54) is 5.56 Å². The van der Waals surface area contributed by atoms with Crippen LogP contribution in [0.25, 0.3) is 0 Å². The first kappa shape index (κ1) is 18.8. The Bertz CT molecular complexity index is 520. The Balaban J connectivity index is 1.99. The lowest BCUT2D eigenvalue weighted by molar-refractivity contribution is 0.0787. The molecule has 0 bridgehead atoms. The monoisotopic (exact) mass is 332 g/mol. The lowest BCUT2D eigenvalue weighted by atomic mass is 9.76. The molecule has 2 unspecified atom stereocenters. The van der Waals surface area contributed by atoms with Crippen molar-refractivity contribution in [2.75, 3.05) is 13.1 Å². The Morgan fingerprint density at radius 2 is 1.88 bits per heavy atom. The van der Waals surface area contributed by atoms with Gasteiger partial charge in [-0.2, -0.15) is 0 Å². The summed E-state index contributed by atoms with van der Waals surface area (Å²) >= 11 is 0. The van der Waals surface area contributed by atoms with Gasteiger partial charge in [-0.25, -0.2) is 4.79 Å². The molecule has 0 saturated carbocycles. The van der Waals surface area contributed by atoms with Gasteiger partial charge in [-0.1, -0.05) is 51.1 Å². The van der Waals surface area contributed by atoms with Crippen molar-refractivity contribution >= 4 is 6.03 Å². The van der Waals surface area contributed by atoms with Gasteiger partial charge in [-0.05, 0) is 37.7 Å². The van der Waals surface area contributed by atoms with Crippen LogP contribution in [0.15, 0.2) is 30.3 Å². The van der Waals surface area contributed by atoms with E-state index in [0.29, 0.717) is 5.92 Å². The Morgan fingerprint density at radius 3 is 2.38 bits per heavy atom. The van der Waals surface area contributed by atoms with Crippen LogP contribution >= 0.6 is 0 Å². The molecule has 1 saturated heterocycles. The molecule has 0 radical (unpaired) electrons. The first-order valence-electron chi connectivity index (χ1n) is 9.15. The van der Waals surface area contributed by atoms with Crippen molar-refractivity contribution in [2.24, 2.45) is 5.92 Å². The molecule has 1 fully saturated rings. The summed E-state index contributed by atoms with van der Waals surface area (Å²) in [7, 11) is 0. The summed E-state index contributed by atoms with van der Waals surface area (Å²) in [6.45, 7) is 9.80. The van der Waals surface area contributed by atoms with Crippen molar-refractivity contribution in [3.05, 3.63) is 35.9 Å². The zero-order chi connectivity index (χ0) is 17.7. The number of aliphatic hydroxyl groups excluding tert-OH is 1. The standard InChI is InChI=1S/C20H32N2O2/c1-5-18(20(3,4)17-9-7-6-8-10-17)21-19(24)22-13-11-16(12-14-22)15(2)23/h6-10,15-16,18,23H,5,11-14H2,1-4H3,(H,21,24). The van der Waals surface area contributed by atoms with E-state index in [2.05, 4.69) is 38.2 Å². The molecule has 1 aliphatic heterocycles. The SMILES string of the molecule is CCC(NC(=O)N1CCC(C(C)O)CC1)C(C)(C)c1ccccc1. The Kier molecular flexibility index (Phi) is 6.27. The Hall–Kier alpha value is -1.55. The minimum absolute atomic E-state index is 0.0231. The van der Waals surface area contributed by atoms with Crippen LogP contribution in [0.4, 0.5) is 4.79 Å². The van der Waals surface area contributed by atoms with Gasteiger partial charge in [-0.15, -0.1) is 0 Å². The molecule has 1 aromatic carbocycles. The third-order valence-electron chi connectivity index (χ3n) is 5.60. The van der Waals surface area contributed by atoms with E-state index >= 15 is 0 Å². The van der Waals surface area contributed by atoms with Gasteiger partial charge in [0.2, 0.25) is 0 Å². The zero-order valence-corrected chi connectivity index (χ0v) is 15.5. The molecule has 1 aliphatic rings. The first-order chi connectivity index (χ1) is 11.4. The smallest absolute Gasteiger partial charge is 0.317 e. The van der Waals surface area contributed by atoms with Gasteiger partial charge in [0, 0.05) is 24.5 Å².